The van der Waals surface area contributed by atoms with Crippen molar-refractivity contribution in [3.63, 3.8) is 0 Å². The molecule has 1 aliphatic rings. The average Bonchev–Trinajstić information content (AvgIpc) is 2.93. The predicted octanol–water partition coefficient (Wildman–Crippen LogP) is 1.96. The molecule has 7 heteroatoms. The molecule has 21 heavy (non-hydrogen) atoms. The van der Waals surface area contributed by atoms with Crippen LogP contribution in [0.4, 0.5) is 4.39 Å². The number of nitrogens with one attached hydrogen (secondary N) is 1. The Morgan fingerprint density at radius 3 is 2.81 bits per heavy atom. The molecule has 2 aromatic rings. The number of H-pyrrole nitrogens is 1. The van der Waals surface area contributed by atoms with Crippen molar-refractivity contribution in [1.82, 2.24) is 4.98 Å². The zero-order chi connectivity index (χ0) is 15.2. The molecule has 0 bridgehead atoms. The number of carbonyl (C=O) groups excluding carboxylic acids is 1. The number of hydrogen-bond donors (Lipinski definition) is 1. The normalized spacial score (nSPS) is 20.8. The summed E-state index contributed by atoms with van der Waals surface area (Å²) in [5, 5.41) is 0.738. The molecule has 1 fully saturated rings. The Balaban J connectivity index is 1.84. The van der Waals surface area contributed by atoms with Crippen molar-refractivity contribution < 1.29 is 22.3 Å². The van der Waals surface area contributed by atoms with E-state index >= 15 is 0 Å². The third-order valence-corrected chi connectivity index (χ3v) is 5.33. The van der Waals surface area contributed by atoms with Crippen LogP contribution in [0.1, 0.15) is 22.5 Å². The number of esters is 1. The third kappa shape index (κ3) is 2.78. The Labute approximate surface area is 121 Å². The number of sulfone groups is 1. The highest BCUT2D eigenvalue weighted by molar-refractivity contribution is 7.91. The molecule has 1 saturated heterocycles. The maximum Gasteiger partial charge on any atom is 0.355 e. The Bertz CT molecular complexity index is 825. The first-order chi connectivity index (χ1) is 9.84. The monoisotopic (exact) mass is 311 g/mol. The quantitative estimate of drug-likeness (QED) is 0.860. The number of aromatic amines is 1. The van der Waals surface area contributed by atoms with Gasteiger partial charge in [0.2, 0.25) is 0 Å². The van der Waals surface area contributed by atoms with Crippen LogP contribution in [0.5, 0.6) is 0 Å². The van der Waals surface area contributed by atoms with E-state index < -0.39 is 21.9 Å². The molecule has 1 atom stereocenters. The second kappa shape index (κ2) is 4.84. The zero-order valence-corrected chi connectivity index (χ0v) is 12.2. The van der Waals surface area contributed by atoms with Gasteiger partial charge in [-0.15, -0.1) is 0 Å². The van der Waals surface area contributed by atoms with E-state index in [0.29, 0.717) is 17.5 Å². The van der Waals surface area contributed by atoms with Crippen molar-refractivity contribution in [3.8, 4) is 0 Å². The summed E-state index contributed by atoms with van der Waals surface area (Å²) in [4.78, 5) is 14.8. The van der Waals surface area contributed by atoms with Crippen LogP contribution in [0.25, 0.3) is 10.9 Å². The van der Waals surface area contributed by atoms with E-state index in [-0.39, 0.29) is 23.0 Å². The summed E-state index contributed by atoms with van der Waals surface area (Å²) in [5.41, 5.74) is 1.42. The van der Waals surface area contributed by atoms with Gasteiger partial charge in [-0.2, -0.15) is 0 Å². The van der Waals surface area contributed by atoms with Crippen molar-refractivity contribution >= 4 is 26.7 Å². The van der Waals surface area contributed by atoms with E-state index in [4.69, 9.17) is 4.74 Å². The maximum atomic E-state index is 13.3. The molecule has 0 unspecified atom stereocenters. The van der Waals surface area contributed by atoms with Gasteiger partial charge < -0.3 is 9.72 Å². The van der Waals surface area contributed by atoms with Gasteiger partial charge in [0.25, 0.3) is 0 Å². The Kier molecular flexibility index (Phi) is 3.24. The SMILES string of the molecule is Cc1cc(F)cc2[nH]c(C(=O)O[C@@H]3CCS(=O)(=O)C3)cc12. The van der Waals surface area contributed by atoms with Crippen molar-refractivity contribution in [3.05, 3.63) is 35.3 Å². The van der Waals surface area contributed by atoms with E-state index in [1.54, 1.807) is 13.0 Å². The molecule has 1 aromatic carbocycles. The van der Waals surface area contributed by atoms with Crippen molar-refractivity contribution in [2.24, 2.45) is 0 Å². The van der Waals surface area contributed by atoms with Crippen LogP contribution in [0, 0.1) is 12.7 Å². The van der Waals surface area contributed by atoms with Gasteiger partial charge in [0.05, 0.1) is 11.5 Å². The number of carbonyl (C=O) groups is 1. The van der Waals surface area contributed by atoms with Gasteiger partial charge in [-0.3, -0.25) is 0 Å². The van der Waals surface area contributed by atoms with Gasteiger partial charge in [0.15, 0.2) is 9.84 Å². The molecule has 5 nitrogen and oxygen atoms in total. The highest BCUT2D eigenvalue weighted by atomic mass is 32.2. The summed E-state index contributed by atoms with van der Waals surface area (Å²) in [6.07, 6.45) is -0.283. The maximum absolute atomic E-state index is 13.3. The van der Waals surface area contributed by atoms with Gasteiger partial charge >= 0.3 is 5.97 Å². The standard InChI is InChI=1S/C14H14FNO4S/c1-8-4-9(15)5-12-11(8)6-13(16-12)14(17)20-10-2-3-21(18,19)7-10/h4-6,10,16H,2-3,7H2,1H3/t10-/m1/s1. The topological polar surface area (TPSA) is 76.2 Å². The molecule has 3 rings (SSSR count). The molecule has 1 aromatic heterocycles. The second-order valence-corrected chi connectivity index (χ2v) is 7.53. The summed E-state index contributed by atoms with van der Waals surface area (Å²) in [7, 11) is -3.10. The summed E-state index contributed by atoms with van der Waals surface area (Å²) < 4.78 is 41.2. The first kappa shape index (κ1) is 14.1. The minimum Gasteiger partial charge on any atom is -0.457 e. The predicted molar refractivity (Wildman–Crippen MR) is 75.5 cm³/mol. The number of benzene rings is 1. The lowest BCUT2D eigenvalue weighted by atomic mass is 10.1. The number of halogens is 1. The second-order valence-electron chi connectivity index (χ2n) is 5.30. The molecule has 2 heterocycles. The highest BCUT2D eigenvalue weighted by Crippen LogP contribution is 2.23. The van der Waals surface area contributed by atoms with Crippen LogP contribution in [-0.4, -0.2) is 37.0 Å². The van der Waals surface area contributed by atoms with Gasteiger partial charge in [-0.1, -0.05) is 0 Å². The average molecular weight is 311 g/mol. The van der Waals surface area contributed by atoms with Crippen LogP contribution in [0.2, 0.25) is 0 Å². The van der Waals surface area contributed by atoms with Crippen molar-refractivity contribution in [2.75, 3.05) is 11.5 Å². The number of fused-ring (bicyclic) bond motifs is 1. The lowest BCUT2D eigenvalue weighted by Gasteiger charge is -2.08. The van der Waals surface area contributed by atoms with Gasteiger partial charge in [0, 0.05) is 10.9 Å². The molecule has 0 spiro atoms. The first-order valence-electron chi connectivity index (χ1n) is 6.54. The lowest BCUT2D eigenvalue weighted by Crippen LogP contribution is -2.19. The number of hydrogen-bond acceptors (Lipinski definition) is 4. The van der Waals surface area contributed by atoms with E-state index in [1.807, 2.05) is 0 Å². The van der Waals surface area contributed by atoms with Crippen LogP contribution in [0.3, 0.4) is 0 Å². The van der Waals surface area contributed by atoms with Crippen LogP contribution >= 0.6 is 0 Å². The van der Waals surface area contributed by atoms with Crippen LogP contribution in [-0.2, 0) is 14.6 Å². The largest absolute Gasteiger partial charge is 0.457 e. The van der Waals surface area contributed by atoms with Gasteiger partial charge in [-0.25, -0.2) is 17.6 Å². The Morgan fingerprint density at radius 1 is 1.38 bits per heavy atom. The minimum absolute atomic E-state index is 0.0436. The van der Waals surface area contributed by atoms with Crippen molar-refractivity contribution in [2.45, 2.75) is 19.4 Å². The molecular weight excluding hydrogens is 297 g/mol. The fraction of sp³-hybridized carbons (Fsp3) is 0.357. The van der Waals surface area contributed by atoms with Gasteiger partial charge in [-0.05, 0) is 37.1 Å². The van der Waals surface area contributed by atoms with Gasteiger partial charge in [0.1, 0.15) is 17.6 Å². The number of aryl methyl sites for hydroxylation is 1. The smallest absolute Gasteiger partial charge is 0.355 e. The molecule has 0 amide bonds. The molecule has 0 saturated carbocycles. The Hall–Kier alpha value is -1.89. The number of ether oxygens (including phenoxy) is 1. The van der Waals surface area contributed by atoms with Crippen LogP contribution in [0.15, 0.2) is 18.2 Å². The van der Waals surface area contributed by atoms with E-state index in [9.17, 15) is 17.6 Å². The molecule has 1 N–H and O–H groups in total. The third-order valence-electron chi connectivity index (χ3n) is 3.59. The minimum atomic E-state index is -3.10. The van der Waals surface area contributed by atoms with E-state index in [1.165, 1.54) is 12.1 Å². The fourth-order valence-electron chi connectivity index (χ4n) is 2.55. The highest BCUT2D eigenvalue weighted by Gasteiger charge is 2.31. The van der Waals surface area contributed by atoms with Crippen LogP contribution < -0.4 is 0 Å². The zero-order valence-electron chi connectivity index (χ0n) is 11.3. The molecule has 0 radical (unpaired) electrons. The molecular formula is C14H14FNO4S. The molecule has 0 aliphatic carbocycles. The summed E-state index contributed by atoms with van der Waals surface area (Å²) in [6.45, 7) is 1.75. The fourth-order valence-corrected chi connectivity index (χ4v) is 4.14. The van der Waals surface area contributed by atoms with E-state index in [0.717, 1.165) is 5.39 Å². The van der Waals surface area contributed by atoms with E-state index in [2.05, 4.69) is 4.98 Å². The summed E-state index contributed by atoms with van der Waals surface area (Å²) in [6, 6.07) is 4.28. The summed E-state index contributed by atoms with van der Waals surface area (Å²) >= 11 is 0. The lowest BCUT2D eigenvalue weighted by molar-refractivity contribution is 0.0350. The molecule has 1 aliphatic heterocycles. The first-order valence-corrected chi connectivity index (χ1v) is 8.36. The number of rotatable bonds is 2. The number of aromatic nitrogens is 1. The molecule has 112 valence electrons. The van der Waals surface area contributed by atoms with Crippen molar-refractivity contribution in [1.29, 1.82) is 0 Å². The summed E-state index contributed by atoms with van der Waals surface area (Å²) in [5.74, 6) is -1.09. The Morgan fingerprint density at radius 2 is 2.14 bits per heavy atom.